The van der Waals surface area contributed by atoms with Crippen molar-refractivity contribution >= 4 is 34.2 Å². The van der Waals surface area contributed by atoms with Crippen LogP contribution in [0.4, 0.5) is 5.69 Å². The van der Waals surface area contributed by atoms with Gasteiger partial charge in [-0.25, -0.2) is 4.68 Å². The molecule has 0 aliphatic rings. The average molecular weight is 301 g/mol. The number of benzene rings is 2. The van der Waals surface area contributed by atoms with Crippen LogP contribution in [0.5, 0.6) is 0 Å². The third-order valence-corrected chi connectivity index (χ3v) is 3.56. The predicted molar refractivity (Wildman–Crippen MR) is 82.7 cm³/mol. The van der Waals surface area contributed by atoms with Gasteiger partial charge in [-0.3, -0.25) is 4.79 Å². The molecule has 0 fully saturated rings. The first-order chi connectivity index (χ1) is 10.0. The Morgan fingerprint density at radius 3 is 2.86 bits per heavy atom. The van der Waals surface area contributed by atoms with Crippen molar-refractivity contribution in [2.24, 2.45) is 7.05 Å². The lowest BCUT2D eigenvalue weighted by Gasteiger charge is -2.08. The summed E-state index contributed by atoms with van der Waals surface area (Å²) in [5, 5.41) is 11.4. The highest BCUT2D eigenvalue weighted by Gasteiger charge is 2.10. The SMILES string of the molecule is Cc1ccc(Cl)cc1NC(=O)c1ccc2c(c1)nnn2C. The Bertz CT molecular complexity index is 841. The van der Waals surface area contributed by atoms with Gasteiger partial charge < -0.3 is 5.32 Å². The van der Waals surface area contributed by atoms with Gasteiger partial charge in [0, 0.05) is 23.3 Å². The molecule has 0 aliphatic heterocycles. The lowest BCUT2D eigenvalue weighted by molar-refractivity contribution is 0.102. The van der Waals surface area contributed by atoms with E-state index in [0.717, 1.165) is 11.1 Å². The topological polar surface area (TPSA) is 59.8 Å². The van der Waals surface area contributed by atoms with Gasteiger partial charge in [0.05, 0.1) is 5.52 Å². The molecule has 1 amide bonds. The number of amides is 1. The molecule has 1 aromatic heterocycles. The van der Waals surface area contributed by atoms with Crippen molar-refractivity contribution in [3.8, 4) is 0 Å². The second kappa shape index (κ2) is 5.18. The van der Waals surface area contributed by atoms with Crippen LogP contribution in [0, 0.1) is 6.92 Å². The molecule has 6 heteroatoms. The maximum absolute atomic E-state index is 12.3. The number of hydrogen-bond donors (Lipinski definition) is 1. The largest absolute Gasteiger partial charge is 0.322 e. The van der Waals surface area contributed by atoms with E-state index in [9.17, 15) is 4.79 Å². The van der Waals surface area contributed by atoms with Crippen LogP contribution in [0.15, 0.2) is 36.4 Å². The zero-order valence-electron chi connectivity index (χ0n) is 11.6. The highest BCUT2D eigenvalue weighted by atomic mass is 35.5. The van der Waals surface area contributed by atoms with Crippen molar-refractivity contribution < 1.29 is 4.79 Å². The molecule has 0 saturated heterocycles. The molecule has 0 aliphatic carbocycles. The third kappa shape index (κ3) is 2.60. The Morgan fingerprint density at radius 2 is 2.05 bits per heavy atom. The van der Waals surface area contributed by atoms with Crippen LogP contribution in [0.25, 0.3) is 11.0 Å². The van der Waals surface area contributed by atoms with Gasteiger partial charge in [-0.1, -0.05) is 22.9 Å². The Kier molecular flexibility index (Phi) is 3.35. The number of hydrogen-bond acceptors (Lipinski definition) is 3. The number of aryl methyl sites for hydroxylation is 2. The summed E-state index contributed by atoms with van der Waals surface area (Å²) in [5.74, 6) is -0.201. The number of fused-ring (bicyclic) bond motifs is 1. The highest BCUT2D eigenvalue weighted by molar-refractivity contribution is 6.31. The van der Waals surface area contributed by atoms with Crippen LogP contribution in [0.3, 0.4) is 0 Å². The Morgan fingerprint density at radius 1 is 1.24 bits per heavy atom. The molecule has 0 bridgehead atoms. The van der Waals surface area contributed by atoms with E-state index in [4.69, 9.17) is 11.6 Å². The molecule has 0 atom stereocenters. The minimum atomic E-state index is -0.201. The predicted octanol–water partition coefficient (Wildman–Crippen LogP) is 3.18. The van der Waals surface area contributed by atoms with Crippen molar-refractivity contribution in [3.05, 3.63) is 52.5 Å². The summed E-state index contributed by atoms with van der Waals surface area (Å²) in [6.45, 7) is 1.91. The van der Waals surface area contributed by atoms with Crippen LogP contribution in [-0.2, 0) is 7.05 Å². The molecule has 21 heavy (non-hydrogen) atoms. The van der Waals surface area contributed by atoms with Crippen molar-refractivity contribution in [1.82, 2.24) is 15.0 Å². The second-order valence-electron chi connectivity index (χ2n) is 4.83. The molecule has 0 radical (unpaired) electrons. The second-order valence-corrected chi connectivity index (χ2v) is 5.27. The molecule has 106 valence electrons. The van der Waals surface area contributed by atoms with Crippen molar-refractivity contribution in [3.63, 3.8) is 0 Å². The van der Waals surface area contributed by atoms with E-state index in [2.05, 4.69) is 15.6 Å². The van der Waals surface area contributed by atoms with Gasteiger partial charge in [-0.2, -0.15) is 0 Å². The van der Waals surface area contributed by atoms with Crippen LogP contribution in [-0.4, -0.2) is 20.9 Å². The first kappa shape index (κ1) is 13.6. The molecule has 1 N–H and O–H groups in total. The van der Waals surface area contributed by atoms with Crippen LogP contribution < -0.4 is 5.32 Å². The highest BCUT2D eigenvalue weighted by Crippen LogP contribution is 2.21. The quantitative estimate of drug-likeness (QED) is 0.790. The molecule has 1 heterocycles. The Hall–Kier alpha value is -2.40. The van der Waals surface area contributed by atoms with E-state index in [1.54, 1.807) is 28.9 Å². The zero-order valence-corrected chi connectivity index (χ0v) is 12.3. The first-order valence-corrected chi connectivity index (χ1v) is 6.79. The van der Waals surface area contributed by atoms with E-state index in [0.29, 0.717) is 21.8 Å². The minimum Gasteiger partial charge on any atom is -0.322 e. The molecule has 0 saturated carbocycles. The normalized spacial score (nSPS) is 10.8. The molecule has 3 aromatic rings. The van der Waals surface area contributed by atoms with Crippen LogP contribution in [0.1, 0.15) is 15.9 Å². The zero-order chi connectivity index (χ0) is 15.0. The van der Waals surface area contributed by atoms with E-state index < -0.39 is 0 Å². The van der Waals surface area contributed by atoms with Gasteiger partial charge in [0.15, 0.2) is 0 Å². The Labute approximate surface area is 126 Å². The van der Waals surface area contributed by atoms with Gasteiger partial charge in [-0.05, 0) is 42.8 Å². The monoisotopic (exact) mass is 300 g/mol. The van der Waals surface area contributed by atoms with E-state index in [-0.39, 0.29) is 5.91 Å². The standard InChI is InChI=1S/C15H13ClN4O/c1-9-3-5-11(16)8-12(9)17-15(21)10-4-6-14-13(7-10)18-19-20(14)2/h3-8H,1-2H3,(H,17,21). The fraction of sp³-hybridized carbons (Fsp3) is 0.133. The fourth-order valence-corrected chi connectivity index (χ4v) is 2.28. The molecule has 3 rings (SSSR count). The number of nitrogens with one attached hydrogen (secondary N) is 1. The van der Waals surface area contributed by atoms with Gasteiger partial charge >= 0.3 is 0 Å². The van der Waals surface area contributed by atoms with Gasteiger partial charge in [0.25, 0.3) is 5.91 Å². The van der Waals surface area contributed by atoms with Gasteiger partial charge in [0.1, 0.15) is 5.52 Å². The third-order valence-electron chi connectivity index (χ3n) is 3.32. The molecule has 0 spiro atoms. The molecule has 0 unspecified atom stereocenters. The first-order valence-electron chi connectivity index (χ1n) is 6.41. The van der Waals surface area contributed by atoms with Crippen LogP contribution >= 0.6 is 11.6 Å². The summed E-state index contributed by atoms with van der Waals surface area (Å²) >= 11 is 5.95. The number of nitrogens with zero attached hydrogens (tertiary/aromatic N) is 3. The molecule has 2 aromatic carbocycles. The number of halogens is 1. The number of carbonyl (C=O) groups excluding carboxylic acids is 1. The lowest BCUT2D eigenvalue weighted by atomic mass is 10.1. The Balaban J connectivity index is 1.91. The minimum absolute atomic E-state index is 0.201. The lowest BCUT2D eigenvalue weighted by Crippen LogP contribution is -2.12. The van der Waals surface area contributed by atoms with Crippen molar-refractivity contribution in [1.29, 1.82) is 0 Å². The smallest absolute Gasteiger partial charge is 0.255 e. The fourth-order valence-electron chi connectivity index (χ4n) is 2.11. The summed E-state index contributed by atoms with van der Waals surface area (Å²) in [6, 6.07) is 10.7. The van der Waals surface area contributed by atoms with Crippen LogP contribution in [0.2, 0.25) is 5.02 Å². The summed E-state index contributed by atoms with van der Waals surface area (Å²) < 4.78 is 1.66. The molecular weight excluding hydrogens is 288 g/mol. The van der Waals surface area contributed by atoms with E-state index >= 15 is 0 Å². The van der Waals surface area contributed by atoms with Crippen molar-refractivity contribution in [2.45, 2.75) is 6.92 Å². The summed E-state index contributed by atoms with van der Waals surface area (Å²) in [4.78, 5) is 12.3. The van der Waals surface area contributed by atoms with Gasteiger partial charge in [-0.15, -0.1) is 5.10 Å². The number of rotatable bonds is 2. The summed E-state index contributed by atoms with van der Waals surface area (Å²) in [6.07, 6.45) is 0. The van der Waals surface area contributed by atoms with Gasteiger partial charge in [0.2, 0.25) is 0 Å². The van der Waals surface area contributed by atoms with E-state index in [1.165, 1.54) is 0 Å². The molecular formula is C15H13ClN4O. The maximum atomic E-state index is 12.3. The van der Waals surface area contributed by atoms with Crippen molar-refractivity contribution in [2.75, 3.05) is 5.32 Å². The van der Waals surface area contributed by atoms with E-state index in [1.807, 2.05) is 26.1 Å². The summed E-state index contributed by atoms with van der Waals surface area (Å²) in [7, 11) is 1.81. The number of aromatic nitrogens is 3. The maximum Gasteiger partial charge on any atom is 0.255 e. The number of carbonyl (C=O) groups is 1. The summed E-state index contributed by atoms with van der Waals surface area (Å²) in [5.41, 5.74) is 3.75. The number of anilines is 1. The average Bonchev–Trinajstić information content (AvgIpc) is 2.84. The molecule has 5 nitrogen and oxygen atoms in total.